The van der Waals surface area contributed by atoms with Crippen LogP contribution in [-0.4, -0.2) is 5.78 Å². The smallest absolute Gasteiger partial charge is 0.294 e. The third kappa shape index (κ3) is 1.54. The molecule has 0 aromatic heterocycles. The van der Waals surface area contributed by atoms with Gasteiger partial charge in [0.2, 0.25) is 0 Å². The molecular weight excluding hydrogens is 205 g/mol. The summed E-state index contributed by atoms with van der Waals surface area (Å²) in [7, 11) is 0. The second kappa shape index (κ2) is 3.08. The van der Waals surface area contributed by atoms with E-state index in [2.05, 4.69) is 0 Å². The fourth-order valence-electron chi connectivity index (χ4n) is 2.02. The van der Waals surface area contributed by atoms with Crippen LogP contribution in [-0.2, 0) is 12.6 Å². The van der Waals surface area contributed by atoms with Crippen molar-refractivity contribution in [2.75, 3.05) is 0 Å². The minimum Gasteiger partial charge on any atom is -0.294 e. The molecule has 0 spiro atoms. The standard InChI is InChI=1S/C11H9F3O/c1-6-7-3-5-10(15)8(7)2-4-9(6)11(12,13)14/h2,4H,3,5H2,1H3. The minimum absolute atomic E-state index is 0.0539. The van der Waals surface area contributed by atoms with E-state index in [1.807, 2.05) is 0 Å². The van der Waals surface area contributed by atoms with Crippen LogP contribution < -0.4 is 0 Å². The molecule has 0 atom stereocenters. The largest absolute Gasteiger partial charge is 0.416 e. The molecule has 0 aliphatic heterocycles. The Morgan fingerprint density at radius 1 is 1.20 bits per heavy atom. The summed E-state index contributed by atoms with van der Waals surface area (Å²) in [5.74, 6) is -0.0539. The van der Waals surface area contributed by atoms with Crippen molar-refractivity contribution in [1.29, 1.82) is 0 Å². The highest BCUT2D eigenvalue weighted by atomic mass is 19.4. The summed E-state index contributed by atoms with van der Waals surface area (Å²) in [5.41, 5.74) is 0.595. The van der Waals surface area contributed by atoms with Gasteiger partial charge < -0.3 is 0 Å². The summed E-state index contributed by atoms with van der Waals surface area (Å²) < 4.78 is 37.6. The third-order valence-electron chi connectivity index (χ3n) is 2.81. The van der Waals surface area contributed by atoms with E-state index in [0.717, 1.165) is 6.07 Å². The van der Waals surface area contributed by atoms with E-state index >= 15 is 0 Å². The molecule has 0 radical (unpaired) electrons. The predicted molar refractivity (Wildman–Crippen MR) is 48.8 cm³/mol. The number of benzene rings is 1. The summed E-state index contributed by atoms with van der Waals surface area (Å²) in [5, 5.41) is 0. The lowest BCUT2D eigenvalue weighted by Crippen LogP contribution is -2.09. The first-order chi connectivity index (χ1) is 6.91. The minimum atomic E-state index is -4.33. The maximum absolute atomic E-state index is 12.5. The monoisotopic (exact) mass is 214 g/mol. The molecule has 1 nitrogen and oxygen atoms in total. The summed E-state index contributed by atoms with van der Waals surface area (Å²) in [6.07, 6.45) is -3.56. The number of Topliss-reactive ketones (excluding diaryl/α,β-unsaturated/α-hetero) is 1. The summed E-state index contributed by atoms with van der Waals surface area (Å²) >= 11 is 0. The zero-order chi connectivity index (χ0) is 11.2. The zero-order valence-corrected chi connectivity index (χ0v) is 8.11. The van der Waals surface area contributed by atoms with E-state index < -0.39 is 11.7 Å². The number of hydrogen-bond donors (Lipinski definition) is 0. The zero-order valence-electron chi connectivity index (χ0n) is 8.11. The molecule has 15 heavy (non-hydrogen) atoms. The van der Waals surface area contributed by atoms with Gasteiger partial charge in [-0.25, -0.2) is 0 Å². The lowest BCUT2D eigenvalue weighted by Gasteiger charge is -2.12. The molecule has 0 amide bonds. The molecule has 1 aliphatic rings. The molecule has 0 unspecified atom stereocenters. The number of hydrogen-bond acceptors (Lipinski definition) is 1. The fraction of sp³-hybridized carbons (Fsp3) is 0.364. The van der Waals surface area contributed by atoms with Gasteiger partial charge in [-0.15, -0.1) is 0 Å². The Morgan fingerprint density at radius 3 is 2.47 bits per heavy atom. The number of alkyl halides is 3. The molecule has 0 heterocycles. The normalized spacial score (nSPS) is 15.6. The van der Waals surface area contributed by atoms with Gasteiger partial charge in [0.1, 0.15) is 0 Å². The van der Waals surface area contributed by atoms with Gasteiger partial charge >= 0.3 is 6.18 Å². The quantitative estimate of drug-likeness (QED) is 0.648. The average Bonchev–Trinajstić information content (AvgIpc) is 2.47. The second-order valence-electron chi connectivity index (χ2n) is 3.69. The summed E-state index contributed by atoms with van der Waals surface area (Å²) in [6, 6.07) is 2.29. The van der Waals surface area contributed by atoms with Crippen LogP contribution in [0.15, 0.2) is 12.1 Å². The second-order valence-corrected chi connectivity index (χ2v) is 3.69. The topological polar surface area (TPSA) is 17.1 Å². The molecule has 1 aromatic carbocycles. The number of carbonyl (C=O) groups is 1. The molecule has 1 aromatic rings. The molecule has 1 aliphatic carbocycles. The molecule has 0 saturated heterocycles. The van der Waals surface area contributed by atoms with Crippen LogP contribution in [0.3, 0.4) is 0 Å². The Bertz CT molecular complexity index is 432. The average molecular weight is 214 g/mol. The predicted octanol–water partition coefficient (Wildman–Crippen LogP) is 3.14. The number of fused-ring (bicyclic) bond motifs is 1. The van der Waals surface area contributed by atoms with Crippen molar-refractivity contribution in [3.63, 3.8) is 0 Å². The van der Waals surface area contributed by atoms with Crippen molar-refractivity contribution >= 4 is 5.78 Å². The molecule has 0 bridgehead atoms. The van der Waals surface area contributed by atoms with E-state index in [0.29, 0.717) is 24.0 Å². The van der Waals surface area contributed by atoms with Crippen molar-refractivity contribution in [2.45, 2.75) is 25.9 Å². The van der Waals surface area contributed by atoms with Crippen LogP contribution >= 0.6 is 0 Å². The molecule has 0 fully saturated rings. The van der Waals surface area contributed by atoms with Gasteiger partial charge in [-0.2, -0.15) is 13.2 Å². The van der Waals surface area contributed by atoms with Crippen molar-refractivity contribution in [3.05, 3.63) is 34.4 Å². The van der Waals surface area contributed by atoms with Crippen LogP contribution in [0.4, 0.5) is 13.2 Å². The van der Waals surface area contributed by atoms with Gasteiger partial charge in [-0.3, -0.25) is 4.79 Å². The van der Waals surface area contributed by atoms with Gasteiger partial charge in [-0.05, 0) is 30.5 Å². The number of carbonyl (C=O) groups excluding carboxylic acids is 1. The number of rotatable bonds is 0. The van der Waals surface area contributed by atoms with Gasteiger partial charge in [0.05, 0.1) is 5.56 Å². The van der Waals surface area contributed by atoms with Gasteiger partial charge in [-0.1, -0.05) is 6.07 Å². The Balaban J connectivity index is 2.61. The first-order valence-corrected chi connectivity index (χ1v) is 4.64. The maximum Gasteiger partial charge on any atom is 0.416 e. The van der Waals surface area contributed by atoms with Crippen LogP contribution in [0.5, 0.6) is 0 Å². The van der Waals surface area contributed by atoms with Crippen molar-refractivity contribution in [1.82, 2.24) is 0 Å². The molecule has 0 saturated carbocycles. The molecular formula is C11H9F3O. The van der Waals surface area contributed by atoms with Crippen LogP contribution in [0.1, 0.15) is 33.5 Å². The first kappa shape index (κ1) is 10.2. The highest BCUT2D eigenvalue weighted by Gasteiger charge is 2.35. The van der Waals surface area contributed by atoms with Crippen LogP contribution in [0, 0.1) is 6.92 Å². The number of ketones is 1. The Labute approximate surface area is 84.9 Å². The van der Waals surface area contributed by atoms with E-state index in [1.54, 1.807) is 0 Å². The molecule has 4 heteroatoms. The summed E-state index contributed by atoms with van der Waals surface area (Å²) in [6.45, 7) is 1.43. The number of halogens is 3. The van der Waals surface area contributed by atoms with Gasteiger partial charge in [0, 0.05) is 12.0 Å². The Morgan fingerprint density at radius 2 is 1.87 bits per heavy atom. The molecule has 2 rings (SSSR count). The van der Waals surface area contributed by atoms with Crippen LogP contribution in [0.25, 0.3) is 0 Å². The SMILES string of the molecule is Cc1c(C(F)(F)F)ccc2c1CCC2=O. The Kier molecular flexibility index (Phi) is 2.10. The summed E-state index contributed by atoms with van der Waals surface area (Å²) in [4.78, 5) is 11.3. The van der Waals surface area contributed by atoms with Gasteiger partial charge in [0.25, 0.3) is 0 Å². The third-order valence-corrected chi connectivity index (χ3v) is 2.81. The van der Waals surface area contributed by atoms with Crippen molar-refractivity contribution < 1.29 is 18.0 Å². The Hall–Kier alpha value is -1.32. The van der Waals surface area contributed by atoms with Crippen molar-refractivity contribution in [3.8, 4) is 0 Å². The van der Waals surface area contributed by atoms with Gasteiger partial charge in [0.15, 0.2) is 5.78 Å². The van der Waals surface area contributed by atoms with Crippen LogP contribution in [0.2, 0.25) is 0 Å². The van der Waals surface area contributed by atoms with E-state index in [1.165, 1.54) is 13.0 Å². The molecule has 80 valence electrons. The van der Waals surface area contributed by atoms with E-state index in [9.17, 15) is 18.0 Å². The molecule has 0 N–H and O–H groups in total. The fourth-order valence-corrected chi connectivity index (χ4v) is 2.02. The first-order valence-electron chi connectivity index (χ1n) is 4.64. The van der Waals surface area contributed by atoms with E-state index in [-0.39, 0.29) is 11.3 Å². The van der Waals surface area contributed by atoms with E-state index in [4.69, 9.17) is 0 Å². The lowest BCUT2D eigenvalue weighted by atomic mass is 9.98. The lowest BCUT2D eigenvalue weighted by molar-refractivity contribution is -0.138. The van der Waals surface area contributed by atoms with Crippen molar-refractivity contribution in [2.24, 2.45) is 0 Å². The highest BCUT2D eigenvalue weighted by Crippen LogP contribution is 2.36. The highest BCUT2D eigenvalue weighted by molar-refractivity contribution is 6.00. The maximum atomic E-state index is 12.5.